The van der Waals surface area contributed by atoms with Crippen LogP contribution in [0.3, 0.4) is 0 Å². The van der Waals surface area contributed by atoms with Gasteiger partial charge in [0.25, 0.3) is 0 Å². The zero-order chi connectivity index (χ0) is 20.3. The first-order valence-electron chi connectivity index (χ1n) is 8.98. The molecule has 0 saturated heterocycles. The Morgan fingerprint density at radius 1 is 1.18 bits per heavy atom. The number of methoxy groups -OCH3 is 1. The molecule has 2 N–H and O–H groups in total. The van der Waals surface area contributed by atoms with Crippen molar-refractivity contribution in [2.45, 2.75) is 18.8 Å². The average molecular weight is 389 g/mol. The van der Waals surface area contributed by atoms with E-state index in [0.29, 0.717) is 12.2 Å². The van der Waals surface area contributed by atoms with E-state index in [1.165, 1.54) is 25.3 Å². The number of halogens is 2. The Morgan fingerprint density at radius 3 is 2.50 bits per heavy atom. The first kappa shape index (κ1) is 19.8. The number of carboxylic acid groups (broad SMARTS) is 1. The summed E-state index contributed by atoms with van der Waals surface area (Å²) in [5.41, 5.74) is 0.649. The Kier molecular flexibility index (Phi) is 5.92. The lowest BCUT2D eigenvalue weighted by atomic mass is 9.98. The first-order chi connectivity index (χ1) is 13.4. The maximum atomic E-state index is 13.9. The molecule has 7 heteroatoms. The van der Waals surface area contributed by atoms with Crippen LogP contribution < -0.4 is 10.1 Å². The Hall–Kier alpha value is -2.96. The Labute approximate surface area is 161 Å². The number of carbonyl (C=O) groups is 2. The molecule has 1 amide bonds. The van der Waals surface area contributed by atoms with E-state index in [-0.39, 0.29) is 24.4 Å². The minimum Gasteiger partial charge on any atom is -0.496 e. The third kappa shape index (κ3) is 4.30. The summed E-state index contributed by atoms with van der Waals surface area (Å²) in [5, 5.41) is 12.1. The van der Waals surface area contributed by atoms with Gasteiger partial charge in [-0.15, -0.1) is 0 Å². The third-order valence-corrected chi connectivity index (χ3v) is 5.03. The van der Waals surface area contributed by atoms with E-state index >= 15 is 0 Å². The SMILES string of the molecule is COc1ccccc1CC(CNC(=O)C1CC1c1c(F)cccc1F)C(=O)O. The van der Waals surface area contributed by atoms with Gasteiger partial charge in [0.15, 0.2) is 0 Å². The molecule has 0 bridgehead atoms. The van der Waals surface area contributed by atoms with Crippen LogP contribution in [0.15, 0.2) is 42.5 Å². The van der Waals surface area contributed by atoms with Crippen molar-refractivity contribution in [1.82, 2.24) is 5.32 Å². The summed E-state index contributed by atoms with van der Waals surface area (Å²) < 4.78 is 32.9. The highest BCUT2D eigenvalue weighted by atomic mass is 19.1. The van der Waals surface area contributed by atoms with E-state index < -0.39 is 35.4 Å². The predicted octanol–water partition coefficient (Wildman–Crippen LogP) is 3.14. The van der Waals surface area contributed by atoms with Gasteiger partial charge in [-0.3, -0.25) is 9.59 Å². The number of hydrogen-bond donors (Lipinski definition) is 2. The molecule has 2 aromatic carbocycles. The van der Waals surface area contributed by atoms with Gasteiger partial charge in [0.05, 0.1) is 13.0 Å². The number of nitrogens with one attached hydrogen (secondary N) is 1. The Balaban J connectivity index is 1.60. The van der Waals surface area contributed by atoms with Crippen LogP contribution in [0, 0.1) is 23.5 Å². The molecule has 1 fully saturated rings. The van der Waals surface area contributed by atoms with Crippen LogP contribution in [-0.4, -0.2) is 30.6 Å². The lowest BCUT2D eigenvalue weighted by molar-refractivity contribution is -0.141. The van der Waals surface area contributed by atoms with Crippen molar-refractivity contribution in [2.24, 2.45) is 11.8 Å². The number of carboxylic acids is 1. The van der Waals surface area contributed by atoms with Crippen LogP contribution in [-0.2, 0) is 16.0 Å². The fourth-order valence-corrected chi connectivity index (χ4v) is 3.41. The van der Waals surface area contributed by atoms with Crippen LogP contribution in [0.1, 0.15) is 23.5 Å². The van der Waals surface area contributed by atoms with Gasteiger partial charge >= 0.3 is 5.97 Å². The smallest absolute Gasteiger partial charge is 0.308 e. The number of carbonyl (C=O) groups excluding carboxylic acids is 1. The second kappa shape index (κ2) is 8.37. The van der Waals surface area contributed by atoms with E-state index in [4.69, 9.17) is 4.74 Å². The van der Waals surface area contributed by atoms with Crippen molar-refractivity contribution in [3.05, 3.63) is 65.2 Å². The molecule has 148 valence electrons. The summed E-state index contributed by atoms with van der Waals surface area (Å²) in [7, 11) is 1.51. The number of aliphatic carboxylic acids is 1. The van der Waals surface area contributed by atoms with E-state index in [1.807, 2.05) is 0 Å². The molecule has 3 atom stereocenters. The summed E-state index contributed by atoms with van der Waals surface area (Å²) in [6.07, 6.45) is 0.531. The van der Waals surface area contributed by atoms with E-state index in [2.05, 4.69) is 5.32 Å². The normalized spacial score (nSPS) is 19.0. The van der Waals surface area contributed by atoms with Gasteiger partial charge in [-0.2, -0.15) is 0 Å². The molecule has 0 aliphatic heterocycles. The lowest BCUT2D eigenvalue weighted by Crippen LogP contribution is -2.35. The molecular formula is C21H21F2NO4. The number of para-hydroxylation sites is 1. The van der Waals surface area contributed by atoms with Crippen LogP contribution in [0.2, 0.25) is 0 Å². The minimum absolute atomic E-state index is 0.0742. The third-order valence-electron chi connectivity index (χ3n) is 5.03. The molecule has 1 saturated carbocycles. The van der Waals surface area contributed by atoms with Gasteiger partial charge in [-0.1, -0.05) is 24.3 Å². The molecular weight excluding hydrogens is 368 g/mol. The fourth-order valence-electron chi connectivity index (χ4n) is 3.41. The molecule has 3 rings (SSSR count). The standard InChI is InChI=1S/C21H21F2NO4/c1-28-18-8-3-2-5-12(18)9-13(21(26)27)11-24-20(25)15-10-14(15)19-16(22)6-4-7-17(19)23/h2-8,13-15H,9-11H2,1H3,(H,24,25)(H,26,27). The Bertz CT molecular complexity index is 866. The Morgan fingerprint density at radius 2 is 1.86 bits per heavy atom. The van der Waals surface area contributed by atoms with Crippen molar-refractivity contribution in [2.75, 3.05) is 13.7 Å². The van der Waals surface area contributed by atoms with Crippen LogP contribution in [0.25, 0.3) is 0 Å². The summed E-state index contributed by atoms with van der Waals surface area (Å²) in [6, 6.07) is 10.7. The number of amides is 1. The van der Waals surface area contributed by atoms with Gasteiger partial charge in [0.1, 0.15) is 17.4 Å². The highest BCUT2D eigenvalue weighted by molar-refractivity contribution is 5.83. The topological polar surface area (TPSA) is 75.6 Å². The molecule has 5 nitrogen and oxygen atoms in total. The molecule has 3 unspecified atom stereocenters. The van der Waals surface area contributed by atoms with Crippen molar-refractivity contribution >= 4 is 11.9 Å². The zero-order valence-electron chi connectivity index (χ0n) is 15.3. The van der Waals surface area contributed by atoms with Gasteiger partial charge in [0, 0.05) is 23.9 Å². The highest BCUT2D eigenvalue weighted by Gasteiger charge is 2.46. The maximum Gasteiger partial charge on any atom is 0.308 e. The highest BCUT2D eigenvalue weighted by Crippen LogP contribution is 2.49. The zero-order valence-corrected chi connectivity index (χ0v) is 15.3. The van der Waals surface area contributed by atoms with Crippen molar-refractivity contribution in [3.63, 3.8) is 0 Å². The van der Waals surface area contributed by atoms with Crippen LogP contribution in [0.4, 0.5) is 8.78 Å². The molecule has 1 aliphatic rings. The monoisotopic (exact) mass is 389 g/mol. The van der Waals surface area contributed by atoms with E-state index in [0.717, 1.165) is 5.56 Å². The lowest BCUT2D eigenvalue weighted by Gasteiger charge is -2.15. The van der Waals surface area contributed by atoms with Crippen molar-refractivity contribution in [3.8, 4) is 5.75 Å². The number of rotatable bonds is 8. The van der Waals surface area contributed by atoms with Crippen LogP contribution >= 0.6 is 0 Å². The molecule has 28 heavy (non-hydrogen) atoms. The molecule has 0 heterocycles. The van der Waals surface area contributed by atoms with Gasteiger partial charge in [-0.05, 0) is 36.6 Å². The molecule has 0 spiro atoms. The predicted molar refractivity (Wildman–Crippen MR) is 98.0 cm³/mol. The fraction of sp³-hybridized carbons (Fsp3) is 0.333. The summed E-state index contributed by atoms with van der Waals surface area (Å²) >= 11 is 0. The van der Waals surface area contributed by atoms with Gasteiger partial charge in [-0.25, -0.2) is 8.78 Å². The van der Waals surface area contributed by atoms with Crippen molar-refractivity contribution in [1.29, 1.82) is 0 Å². The average Bonchev–Trinajstić information content (AvgIpc) is 3.45. The number of hydrogen-bond acceptors (Lipinski definition) is 3. The van der Waals surface area contributed by atoms with E-state index in [1.54, 1.807) is 24.3 Å². The van der Waals surface area contributed by atoms with Crippen LogP contribution in [0.5, 0.6) is 5.75 Å². The van der Waals surface area contributed by atoms with Gasteiger partial charge < -0.3 is 15.2 Å². The summed E-state index contributed by atoms with van der Waals surface area (Å²) in [6.45, 7) is -0.0742. The maximum absolute atomic E-state index is 13.9. The van der Waals surface area contributed by atoms with Crippen molar-refractivity contribution < 1.29 is 28.2 Å². The second-order valence-electron chi connectivity index (χ2n) is 6.88. The number of ether oxygens (including phenoxy) is 1. The summed E-state index contributed by atoms with van der Waals surface area (Å²) in [5.74, 6) is -4.09. The second-order valence-corrected chi connectivity index (χ2v) is 6.88. The largest absolute Gasteiger partial charge is 0.496 e. The van der Waals surface area contributed by atoms with E-state index in [9.17, 15) is 23.5 Å². The number of benzene rings is 2. The molecule has 0 radical (unpaired) electrons. The molecule has 1 aliphatic carbocycles. The summed E-state index contributed by atoms with van der Waals surface area (Å²) in [4.78, 5) is 23.9. The minimum atomic E-state index is -1.04. The first-order valence-corrected chi connectivity index (χ1v) is 8.98. The molecule has 0 aromatic heterocycles. The quantitative estimate of drug-likeness (QED) is 0.727. The van der Waals surface area contributed by atoms with Gasteiger partial charge in [0.2, 0.25) is 5.91 Å². The molecule has 2 aromatic rings.